The first-order valence-electron chi connectivity index (χ1n) is 7.26. The Hall–Kier alpha value is -3.17. The van der Waals surface area contributed by atoms with E-state index < -0.39 is 40.1 Å². The molecule has 2 rings (SSSR count). The fourth-order valence-electron chi connectivity index (χ4n) is 2.10. The predicted molar refractivity (Wildman–Crippen MR) is 86.2 cm³/mol. The Bertz CT molecular complexity index is 840. The van der Waals surface area contributed by atoms with Crippen LogP contribution in [0.2, 0.25) is 0 Å². The molecule has 0 bridgehead atoms. The van der Waals surface area contributed by atoms with Gasteiger partial charge < -0.3 is 10.6 Å². The van der Waals surface area contributed by atoms with E-state index >= 15 is 0 Å². The second-order valence-electron chi connectivity index (χ2n) is 5.35. The average molecular weight is 371 g/mol. The molecule has 0 aliphatic carbocycles. The smallest absolute Gasteiger partial charge is 0.368 e. The molecule has 0 fully saturated rings. The molecule has 0 spiro atoms. The molecule has 2 aromatic rings. The summed E-state index contributed by atoms with van der Waals surface area (Å²) in [5.41, 5.74) is -2.06. The van der Waals surface area contributed by atoms with Crippen molar-refractivity contribution in [3.8, 4) is 0 Å². The first-order chi connectivity index (χ1) is 12.1. The number of nitro benzene ring substituents is 1. The Morgan fingerprint density at radius 3 is 2.46 bits per heavy atom. The maximum Gasteiger partial charge on any atom is 0.416 e. The van der Waals surface area contributed by atoms with Crippen LogP contribution < -0.4 is 10.6 Å². The summed E-state index contributed by atoms with van der Waals surface area (Å²) < 4.78 is 51.2. The highest BCUT2D eigenvalue weighted by molar-refractivity contribution is 5.96. The number of carbonyl (C=O) groups is 1. The number of carbonyl (C=O) groups excluding carboxylic acids is 1. The lowest BCUT2D eigenvalue weighted by molar-refractivity contribution is -0.384. The second-order valence-corrected chi connectivity index (χ2v) is 5.35. The number of hydrogen-bond donors (Lipinski definition) is 2. The highest BCUT2D eigenvalue weighted by Crippen LogP contribution is 2.35. The van der Waals surface area contributed by atoms with Crippen LogP contribution in [0.5, 0.6) is 0 Å². The third kappa shape index (κ3) is 4.68. The average Bonchev–Trinajstić information content (AvgIpc) is 2.53. The largest absolute Gasteiger partial charge is 0.416 e. The highest BCUT2D eigenvalue weighted by atomic mass is 19.4. The summed E-state index contributed by atoms with van der Waals surface area (Å²) in [5, 5.41) is 15.9. The molecule has 6 nitrogen and oxygen atoms in total. The van der Waals surface area contributed by atoms with Gasteiger partial charge >= 0.3 is 6.18 Å². The van der Waals surface area contributed by atoms with Crippen molar-refractivity contribution in [2.24, 2.45) is 0 Å². The number of halogens is 4. The number of nitrogens with one attached hydrogen (secondary N) is 2. The van der Waals surface area contributed by atoms with Crippen molar-refractivity contribution < 1.29 is 27.3 Å². The van der Waals surface area contributed by atoms with Gasteiger partial charge in [0, 0.05) is 11.8 Å². The zero-order valence-electron chi connectivity index (χ0n) is 13.3. The Balaban J connectivity index is 2.18. The molecule has 0 aromatic heterocycles. The fourth-order valence-corrected chi connectivity index (χ4v) is 2.10. The lowest BCUT2D eigenvalue weighted by atomic mass is 10.1. The first-order valence-corrected chi connectivity index (χ1v) is 7.26. The predicted octanol–water partition coefficient (Wildman–Crippen LogP) is 4.19. The van der Waals surface area contributed by atoms with Crippen molar-refractivity contribution in [3.63, 3.8) is 0 Å². The van der Waals surface area contributed by atoms with Crippen molar-refractivity contribution in [2.45, 2.75) is 19.1 Å². The Labute approximate surface area is 145 Å². The van der Waals surface area contributed by atoms with Crippen LogP contribution in [0.3, 0.4) is 0 Å². The van der Waals surface area contributed by atoms with Crippen molar-refractivity contribution >= 4 is 23.0 Å². The number of nitro groups is 1. The van der Waals surface area contributed by atoms with Crippen LogP contribution in [0.25, 0.3) is 0 Å². The molecule has 0 saturated heterocycles. The van der Waals surface area contributed by atoms with Crippen molar-refractivity contribution in [1.29, 1.82) is 0 Å². The molecule has 0 radical (unpaired) electrons. The molecule has 0 aliphatic heterocycles. The molecule has 26 heavy (non-hydrogen) atoms. The maximum atomic E-state index is 13.1. The number of alkyl halides is 3. The van der Waals surface area contributed by atoms with Crippen molar-refractivity contribution in [3.05, 3.63) is 64.0 Å². The zero-order valence-corrected chi connectivity index (χ0v) is 13.3. The molecule has 2 N–H and O–H groups in total. The standard InChI is InChI=1S/C16H13F4N3O3/c1-9(15(24)22-12-4-2-3-11(17)8-12)21-13-6-5-10(16(18,19)20)7-14(13)23(25)26/h2-9,21H,1H3,(H,22,24)/t9-/m0/s1. The van der Waals surface area contributed by atoms with Crippen LogP contribution in [-0.4, -0.2) is 16.9 Å². The van der Waals surface area contributed by atoms with Gasteiger partial charge in [0.2, 0.25) is 5.91 Å². The number of rotatable bonds is 5. The summed E-state index contributed by atoms with van der Waals surface area (Å²) in [6.07, 6.45) is -4.73. The lowest BCUT2D eigenvalue weighted by Crippen LogP contribution is -2.32. The Kier molecular flexibility index (Phi) is 5.44. The highest BCUT2D eigenvalue weighted by Gasteiger charge is 2.33. The second kappa shape index (κ2) is 7.38. The fraction of sp³-hybridized carbons (Fsp3) is 0.188. The number of amides is 1. The molecule has 0 heterocycles. The monoisotopic (exact) mass is 371 g/mol. The van der Waals surface area contributed by atoms with Gasteiger partial charge in [0.25, 0.3) is 5.69 Å². The van der Waals surface area contributed by atoms with E-state index in [4.69, 9.17) is 0 Å². The molecule has 2 aromatic carbocycles. The van der Waals surface area contributed by atoms with Crippen LogP contribution in [-0.2, 0) is 11.0 Å². The van der Waals surface area contributed by atoms with Gasteiger partial charge in [-0.2, -0.15) is 13.2 Å². The van der Waals surface area contributed by atoms with Gasteiger partial charge in [-0.1, -0.05) is 6.07 Å². The third-order valence-electron chi connectivity index (χ3n) is 3.38. The van der Waals surface area contributed by atoms with Gasteiger partial charge in [-0.15, -0.1) is 0 Å². The van der Waals surface area contributed by atoms with E-state index in [2.05, 4.69) is 10.6 Å². The number of nitrogens with zero attached hydrogens (tertiary/aromatic N) is 1. The quantitative estimate of drug-likeness (QED) is 0.469. The third-order valence-corrected chi connectivity index (χ3v) is 3.38. The summed E-state index contributed by atoms with van der Waals surface area (Å²) >= 11 is 0. The Morgan fingerprint density at radius 2 is 1.88 bits per heavy atom. The summed E-state index contributed by atoms with van der Waals surface area (Å²) in [4.78, 5) is 22.1. The van der Waals surface area contributed by atoms with Crippen LogP contribution in [0, 0.1) is 15.9 Å². The van der Waals surface area contributed by atoms with Crippen molar-refractivity contribution in [1.82, 2.24) is 0 Å². The van der Waals surface area contributed by atoms with E-state index in [1.54, 1.807) is 0 Å². The summed E-state index contributed by atoms with van der Waals surface area (Å²) in [6, 6.07) is 5.99. The summed E-state index contributed by atoms with van der Waals surface area (Å²) in [5.74, 6) is -1.22. The number of hydrogen-bond acceptors (Lipinski definition) is 4. The minimum atomic E-state index is -4.73. The molecule has 138 valence electrons. The molecule has 10 heteroatoms. The van der Waals surface area contributed by atoms with E-state index in [1.165, 1.54) is 25.1 Å². The van der Waals surface area contributed by atoms with Gasteiger partial charge in [-0.05, 0) is 37.3 Å². The van der Waals surface area contributed by atoms with Gasteiger partial charge in [0.15, 0.2) is 0 Å². The molecule has 0 saturated carbocycles. The number of benzene rings is 2. The van der Waals surface area contributed by atoms with E-state index in [9.17, 15) is 32.5 Å². The van der Waals surface area contributed by atoms with E-state index in [-0.39, 0.29) is 11.4 Å². The van der Waals surface area contributed by atoms with Gasteiger partial charge in [0.1, 0.15) is 17.5 Å². The van der Waals surface area contributed by atoms with Crippen molar-refractivity contribution in [2.75, 3.05) is 10.6 Å². The molecule has 0 unspecified atom stereocenters. The van der Waals surface area contributed by atoms with Gasteiger partial charge in [0.05, 0.1) is 10.5 Å². The normalized spacial score (nSPS) is 12.3. The Morgan fingerprint density at radius 1 is 1.19 bits per heavy atom. The van der Waals surface area contributed by atoms with Gasteiger partial charge in [-0.25, -0.2) is 4.39 Å². The van der Waals surface area contributed by atoms with E-state index in [0.717, 1.165) is 12.1 Å². The summed E-state index contributed by atoms with van der Waals surface area (Å²) in [6.45, 7) is 1.36. The van der Waals surface area contributed by atoms with Crippen LogP contribution in [0.15, 0.2) is 42.5 Å². The minimum absolute atomic E-state index is 0.172. The minimum Gasteiger partial charge on any atom is -0.368 e. The summed E-state index contributed by atoms with van der Waals surface area (Å²) in [7, 11) is 0. The zero-order chi connectivity index (χ0) is 19.5. The molecule has 1 amide bonds. The maximum absolute atomic E-state index is 13.1. The molecular formula is C16H13F4N3O3. The topological polar surface area (TPSA) is 84.3 Å². The van der Waals surface area contributed by atoms with Crippen LogP contribution in [0.4, 0.5) is 34.6 Å². The number of anilines is 2. The van der Waals surface area contributed by atoms with E-state index in [0.29, 0.717) is 12.1 Å². The first kappa shape index (κ1) is 19.2. The van der Waals surface area contributed by atoms with Crippen LogP contribution >= 0.6 is 0 Å². The SMILES string of the molecule is C[C@H](Nc1ccc(C(F)(F)F)cc1[N+](=O)[O-])C(=O)Nc1cccc(F)c1. The molecular weight excluding hydrogens is 358 g/mol. The lowest BCUT2D eigenvalue weighted by Gasteiger charge is -2.16. The molecule has 0 aliphatic rings. The van der Waals surface area contributed by atoms with E-state index in [1.807, 2.05) is 0 Å². The van der Waals surface area contributed by atoms with Crippen LogP contribution in [0.1, 0.15) is 12.5 Å². The molecule has 1 atom stereocenters. The van der Waals surface area contributed by atoms with Gasteiger partial charge in [-0.3, -0.25) is 14.9 Å².